The Morgan fingerprint density at radius 3 is 2.73 bits per heavy atom. The lowest BCUT2D eigenvalue weighted by Gasteiger charge is -2.02. The van der Waals surface area contributed by atoms with Gasteiger partial charge in [-0.15, -0.1) is 0 Å². The fraction of sp³-hybridized carbons (Fsp3) is 0.273. The van der Waals surface area contributed by atoms with Crippen molar-refractivity contribution in [1.82, 2.24) is 5.43 Å². The number of phenolic OH excluding ortho intramolecular Hbond substituents is 1. The minimum absolute atomic E-state index is 0.0465. The molecule has 1 aromatic carbocycles. The predicted octanol–water partition coefficient (Wildman–Crippen LogP) is 1.76. The number of carbonyl (C=O) groups excluding carboxylic acids is 1. The number of nitrogens with zero attached hydrogens (tertiary/aromatic N) is 1. The van der Waals surface area contributed by atoms with E-state index in [2.05, 4.69) is 10.5 Å². The molecule has 2 N–H and O–H groups in total. The molecule has 0 aliphatic carbocycles. The lowest BCUT2D eigenvalue weighted by atomic mass is 10.2. The summed E-state index contributed by atoms with van der Waals surface area (Å²) in [5.74, 6) is -0.186. The first-order valence-corrected chi connectivity index (χ1v) is 4.72. The van der Waals surface area contributed by atoms with E-state index in [4.69, 9.17) is 0 Å². The van der Waals surface area contributed by atoms with Crippen molar-refractivity contribution in [2.24, 2.45) is 11.0 Å². The van der Waals surface area contributed by atoms with Crippen molar-refractivity contribution in [3.63, 3.8) is 0 Å². The fourth-order valence-electron chi connectivity index (χ4n) is 0.971. The van der Waals surface area contributed by atoms with Crippen molar-refractivity contribution in [1.29, 1.82) is 0 Å². The Labute approximate surface area is 88.6 Å². The fourth-order valence-corrected chi connectivity index (χ4v) is 0.971. The molecular weight excluding hydrogens is 192 g/mol. The maximum absolute atomic E-state index is 11.5. The van der Waals surface area contributed by atoms with E-state index in [9.17, 15) is 9.90 Å². The van der Waals surface area contributed by atoms with Gasteiger partial charge >= 0.3 is 0 Å². The van der Waals surface area contributed by atoms with E-state index in [0.717, 1.165) is 0 Å². The molecule has 0 aromatic heterocycles. The lowest BCUT2D eigenvalue weighted by molar-refractivity contribution is 0.0952. The number of hydrogen-bond acceptors (Lipinski definition) is 3. The summed E-state index contributed by atoms with van der Waals surface area (Å²) in [7, 11) is 0. The van der Waals surface area contributed by atoms with Gasteiger partial charge in [-0.2, -0.15) is 5.10 Å². The van der Waals surface area contributed by atoms with Crippen molar-refractivity contribution in [2.45, 2.75) is 13.8 Å². The highest BCUT2D eigenvalue weighted by Crippen LogP contribution is 2.14. The first-order chi connectivity index (χ1) is 7.11. The van der Waals surface area contributed by atoms with Crippen molar-refractivity contribution in [2.75, 3.05) is 0 Å². The van der Waals surface area contributed by atoms with Gasteiger partial charge in [-0.25, -0.2) is 5.43 Å². The smallest absolute Gasteiger partial charge is 0.275 e. The van der Waals surface area contributed by atoms with E-state index in [-0.39, 0.29) is 17.2 Å². The number of hydrazone groups is 1. The molecule has 4 nitrogen and oxygen atoms in total. The summed E-state index contributed by atoms with van der Waals surface area (Å²) in [5, 5.41) is 13.1. The average molecular weight is 206 g/mol. The average Bonchev–Trinajstić information content (AvgIpc) is 2.17. The van der Waals surface area contributed by atoms with Crippen molar-refractivity contribution in [3.8, 4) is 5.75 Å². The van der Waals surface area contributed by atoms with E-state index in [1.807, 2.05) is 13.8 Å². The lowest BCUT2D eigenvalue weighted by Crippen LogP contribution is -2.18. The molecule has 0 aliphatic heterocycles. The van der Waals surface area contributed by atoms with Gasteiger partial charge in [0, 0.05) is 6.21 Å². The molecule has 15 heavy (non-hydrogen) atoms. The van der Waals surface area contributed by atoms with Gasteiger partial charge in [0.15, 0.2) is 0 Å². The maximum atomic E-state index is 11.5. The summed E-state index contributed by atoms with van der Waals surface area (Å²) in [6.45, 7) is 3.91. The highest BCUT2D eigenvalue weighted by molar-refractivity contribution is 5.96. The van der Waals surface area contributed by atoms with Crippen LogP contribution in [0.15, 0.2) is 29.4 Å². The second-order valence-electron chi connectivity index (χ2n) is 3.48. The summed E-state index contributed by atoms with van der Waals surface area (Å²) < 4.78 is 0. The largest absolute Gasteiger partial charge is 0.507 e. The SMILES string of the molecule is CC(C)C=NNC(=O)c1ccccc1O. The molecule has 1 amide bonds. The van der Waals surface area contributed by atoms with Crippen LogP contribution in [-0.4, -0.2) is 17.2 Å². The molecule has 0 fully saturated rings. The third kappa shape index (κ3) is 3.42. The number of rotatable bonds is 3. The monoisotopic (exact) mass is 206 g/mol. The number of para-hydroxylation sites is 1. The molecule has 0 saturated carbocycles. The predicted molar refractivity (Wildman–Crippen MR) is 58.9 cm³/mol. The third-order valence-electron chi connectivity index (χ3n) is 1.69. The number of aromatic hydroxyl groups is 1. The van der Waals surface area contributed by atoms with Crippen LogP contribution in [-0.2, 0) is 0 Å². The molecule has 0 bridgehead atoms. The van der Waals surface area contributed by atoms with Crippen LogP contribution in [0, 0.1) is 5.92 Å². The highest BCUT2D eigenvalue weighted by atomic mass is 16.3. The van der Waals surface area contributed by atoms with Crippen molar-refractivity contribution >= 4 is 12.1 Å². The van der Waals surface area contributed by atoms with Crippen LogP contribution in [0.2, 0.25) is 0 Å². The minimum Gasteiger partial charge on any atom is -0.507 e. The molecular formula is C11H14N2O2. The van der Waals surface area contributed by atoms with Gasteiger partial charge in [0.2, 0.25) is 0 Å². The Morgan fingerprint density at radius 1 is 1.47 bits per heavy atom. The van der Waals surface area contributed by atoms with E-state index in [0.29, 0.717) is 0 Å². The summed E-state index contributed by atoms with van der Waals surface area (Å²) >= 11 is 0. The number of hydrogen-bond donors (Lipinski definition) is 2. The Morgan fingerprint density at radius 2 is 2.13 bits per heavy atom. The first kappa shape index (κ1) is 11.2. The van der Waals surface area contributed by atoms with Crippen LogP contribution in [0.5, 0.6) is 5.75 Å². The molecule has 80 valence electrons. The van der Waals surface area contributed by atoms with Crippen LogP contribution in [0.3, 0.4) is 0 Å². The van der Waals surface area contributed by atoms with Crippen LogP contribution in [0.4, 0.5) is 0 Å². The third-order valence-corrected chi connectivity index (χ3v) is 1.69. The zero-order valence-electron chi connectivity index (χ0n) is 8.77. The Hall–Kier alpha value is -1.84. The van der Waals surface area contributed by atoms with Gasteiger partial charge in [-0.3, -0.25) is 4.79 Å². The topological polar surface area (TPSA) is 61.7 Å². The molecule has 0 radical (unpaired) electrons. The zero-order chi connectivity index (χ0) is 11.3. The maximum Gasteiger partial charge on any atom is 0.275 e. The van der Waals surface area contributed by atoms with E-state index in [1.165, 1.54) is 12.1 Å². The number of phenols is 1. The van der Waals surface area contributed by atoms with E-state index in [1.54, 1.807) is 18.3 Å². The molecule has 0 unspecified atom stereocenters. The molecule has 4 heteroatoms. The van der Waals surface area contributed by atoms with Gasteiger partial charge < -0.3 is 5.11 Å². The van der Waals surface area contributed by atoms with Crippen molar-refractivity contribution < 1.29 is 9.90 Å². The standard InChI is InChI=1S/C11H14N2O2/c1-8(2)7-12-13-11(15)9-5-3-4-6-10(9)14/h3-8,14H,1-2H3,(H,13,15). The van der Waals surface area contributed by atoms with Gasteiger partial charge in [0.25, 0.3) is 5.91 Å². The van der Waals surface area contributed by atoms with Crippen LogP contribution >= 0.6 is 0 Å². The molecule has 0 spiro atoms. The number of amides is 1. The Bertz CT molecular complexity index is 373. The number of carbonyl (C=O) groups is 1. The summed E-state index contributed by atoms with van der Waals surface area (Å²) in [4.78, 5) is 11.5. The van der Waals surface area contributed by atoms with Gasteiger partial charge in [-0.1, -0.05) is 26.0 Å². The van der Waals surface area contributed by atoms with Crippen LogP contribution < -0.4 is 5.43 Å². The molecule has 0 heterocycles. The second kappa shape index (κ2) is 5.14. The quantitative estimate of drug-likeness (QED) is 0.584. The van der Waals surface area contributed by atoms with Crippen LogP contribution in [0.25, 0.3) is 0 Å². The van der Waals surface area contributed by atoms with E-state index < -0.39 is 5.91 Å². The summed E-state index contributed by atoms with van der Waals surface area (Å²) in [5.41, 5.74) is 2.56. The van der Waals surface area contributed by atoms with Crippen LogP contribution in [0.1, 0.15) is 24.2 Å². The van der Waals surface area contributed by atoms with Gasteiger partial charge in [-0.05, 0) is 18.1 Å². The highest BCUT2D eigenvalue weighted by Gasteiger charge is 2.08. The van der Waals surface area contributed by atoms with E-state index >= 15 is 0 Å². The first-order valence-electron chi connectivity index (χ1n) is 4.72. The Kier molecular flexibility index (Phi) is 3.85. The molecule has 0 aliphatic rings. The normalized spacial score (nSPS) is 10.9. The zero-order valence-corrected chi connectivity index (χ0v) is 8.77. The summed E-state index contributed by atoms with van der Waals surface area (Å²) in [6, 6.07) is 6.33. The molecule has 0 saturated heterocycles. The minimum atomic E-state index is -0.412. The van der Waals surface area contributed by atoms with Crippen molar-refractivity contribution in [3.05, 3.63) is 29.8 Å². The second-order valence-corrected chi connectivity index (χ2v) is 3.48. The summed E-state index contributed by atoms with van der Waals surface area (Å²) in [6.07, 6.45) is 1.62. The van der Waals surface area contributed by atoms with Gasteiger partial charge in [0.05, 0.1) is 5.56 Å². The number of benzene rings is 1. The molecule has 1 rings (SSSR count). The van der Waals surface area contributed by atoms with Gasteiger partial charge in [0.1, 0.15) is 5.75 Å². The number of nitrogens with one attached hydrogen (secondary N) is 1. The Balaban J connectivity index is 2.66. The molecule has 1 aromatic rings. The molecule has 0 atom stereocenters.